The molecule has 1 aliphatic heterocycles. The average molecular weight is 907 g/mol. The molecule has 0 aromatic heterocycles. The summed E-state index contributed by atoms with van der Waals surface area (Å²) in [4.78, 5) is 52.0. The van der Waals surface area contributed by atoms with Crippen molar-refractivity contribution in [2.24, 2.45) is 0 Å². The Morgan fingerprint density at radius 1 is 0.734 bits per heavy atom. The molecule has 4 aromatic carbocycles. The van der Waals surface area contributed by atoms with Crippen molar-refractivity contribution in [2.45, 2.75) is 44.9 Å². The smallest absolute Gasteiger partial charge is 0.323 e. The number of aliphatic carboxylic acids is 2. The summed E-state index contributed by atoms with van der Waals surface area (Å²) in [6.07, 6.45) is 9.12. The van der Waals surface area contributed by atoms with E-state index in [1.54, 1.807) is 45.5 Å². The van der Waals surface area contributed by atoms with Gasteiger partial charge in [0, 0.05) is 90.5 Å². The highest BCUT2D eigenvalue weighted by atomic mass is 33.1. The number of carboxylic acids is 2. The molecule has 338 valence electrons. The minimum Gasteiger partial charge on any atom is -0.480 e. The van der Waals surface area contributed by atoms with Gasteiger partial charge in [-0.05, 0) is 91.4 Å². The van der Waals surface area contributed by atoms with Crippen LogP contribution >= 0.6 is 21.6 Å². The maximum absolute atomic E-state index is 13.2. The van der Waals surface area contributed by atoms with Crippen LogP contribution in [0, 0.1) is 0 Å². The third kappa shape index (κ3) is 12.9. The zero-order valence-electron chi connectivity index (χ0n) is 38.1. The number of nitrogens with one attached hydrogen (secondary N) is 2. The van der Waals surface area contributed by atoms with Crippen LogP contribution in [-0.2, 0) is 20.4 Å². The van der Waals surface area contributed by atoms with E-state index >= 15 is 0 Å². The van der Waals surface area contributed by atoms with Gasteiger partial charge in [-0.1, -0.05) is 71.9 Å². The molecule has 1 heterocycles. The molecule has 0 fully saturated rings. The molecule has 0 radical (unpaired) electrons. The van der Waals surface area contributed by atoms with Crippen molar-refractivity contribution in [2.75, 3.05) is 75.7 Å². The first-order valence-electron chi connectivity index (χ1n) is 21.3. The monoisotopic (exact) mass is 906 g/mol. The van der Waals surface area contributed by atoms with Crippen LogP contribution in [0.1, 0.15) is 77.1 Å². The van der Waals surface area contributed by atoms with Crippen LogP contribution in [0.3, 0.4) is 0 Å². The first-order valence-corrected chi connectivity index (χ1v) is 23.8. The molecule has 14 heteroatoms. The number of allylic oxidation sites excluding steroid dienone is 2. The van der Waals surface area contributed by atoms with Gasteiger partial charge in [0.1, 0.15) is 25.8 Å². The third-order valence-corrected chi connectivity index (χ3v) is 13.9. The number of fused-ring (bicyclic) bond motifs is 1. The number of rotatable bonds is 22. The number of amides is 2. The number of nitrogens with zero attached hydrogens (tertiary/aromatic N) is 3. The normalized spacial score (nSPS) is 13.3. The Morgan fingerprint density at radius 3 is 1.75 bits per heavy atom. The van der Waals surface area contributed by atoms with Crippen LogP contribution in [0.15, 0.2) is 97.1 Å². The first kappa shape index (κ1) is 49.2. The Morgan fingerprint density at radius 2 is 1.23 bits per heavy atom. The Balaban J connectivity index is 1.04. The second-order valence-electron chi connectivity index (χ2n) is 17.1. The summed E-state index contributed by atoms with van der Waals surface area (Å²) in [7, 11) is 10.9. The minimum absolute atomic E-state index is 0.0611. The number of anilines is 2. The van der Waals surface area contributed by atoms with Gasteiger partial charge >= 0.3 is 11.9 Å². The van der Waals surface area contributed by atoms with Crippen LogP contribution in [0.4, 0.5) is 22.7 Å². The summed E-state index contributed by atoms with van der Waals surface area (Å²) in [6.45, 7) is 9.58. The summed E-state index contributed by atoms with van der Waals surface area (Å²) in [5.74, 6) is -0.530. The number of quaternary nitrogens is 1. The molecule has 12 nitrogen and oxygen atoms in total. The predicted molar refractivity (Wildman–Crippen MR) is 264 cm³/mol. The lowest BCUT2D eigenvalue weighted by molar-refractivity contribution is -0.540. The number of hydrogen-bond acceptors (Lipinski definition) is 8. The Hall–Kier alpha value is -5.83. The topological polar surface area (TPSA) is 159 Å². The molecule has 4 aromatic rings. The quantitative estimate of drug-likeness (QED) is 0.0237. The maximum atomic E-state index is 13.2. The van der Waals surface area contributed by atoms with E-state index in [0.717, 1.165) is 68.6 Å². The molecule has 0 unspecified atom stereocenters. The number of carbonyl (C=O) groups excluding carboxylic acids is 2. The van der Waals surface area contributed by atoms with Gasteiger partial charge in [-0.25, -0.2) is 0 Å². The summed E-state index contributed by atoms with van der Waals surface area (Å²) in [5.41, 5.74) is 9.79. The molecule has 2 amide bonds. The molecule has 5 rings (SSSR count). The maximum Gasteiger partial charge on any atom is 0.323 e. The second-order valence-corrected chi connectivity index (χ2v) is 19.8. The molecule has 6 N–H and O–H groups in total. The second kappa shape index (κ2) is 22.2. The SMILES string of the molecule is C[NH2+]c1ccc(C(=O)NCCSSCCNC(=O)c2ccc3c(c2)C(C)(C)C(C=Cc2ccc(N(C)CC(=O)O)cc2)=[N+]3C)cc1C(C)(C)CC=Cc1ccc(N(C)CC(=O)O)cc1. The summed E-state index contributed by atoms with van der Waals surface area (Å²) in [6, 6.07) is 27.3. The van der Waals surface area contributed by atoms with Gasteiger partial charge in [0.05, 0.1) is 12.5 Å². The van der Waals surface area contributed by atoms with E-state index in [4.69, 9.17) is 10.2 Å². The van der Waals surface area contributed by atoms with Crippen molar-refractivity contribution in [3.05, 3.63) is 130 Å². The van der Waals surface area contributed by atoms with Gasteiger partial charge in [0.25, 0.3) is 11.8 Å². The van der Waals surface area contributed by atoms with Crippen LogP contribution in [-0.4, -0.2) is 110 Å². The highest BCUT2D eigenvalue weighted by Gasteiger charge is 2.43. The highest BCUT2D eigenvalue weighted by molar-refractivity contribution is 8.76. The van der Waals surface area contributed by atoms with E-state index in [9.17, 15) is 19.2 Å². The zero-order chi connectivity index (χ0) is 46.6. The fourth-order valence-corrected chi connectivity index (χ4v) is 9.60. The Labute approximate surface area is 385 Å². The van der Waals surface area contributed by atoms with E-state index in [-0.39, 0.29) is 35.7 Å². The minimum atomic E-state index is -0.877. The summed E-state index contributed by atoms with van der Waals surface area (Å²) in [5, 5.41) is 26.4. The highest BCUT2D eigenvalue weighted by Crippen LogP contribution is 2.40. The van der Waals surface area contributed by atoms with Crippen LogP contribution in [0.2, 0.25) is 0 Å². The van der Waals surface area contributed by atoms with Gasteiger partial charge in [0.15, 0.2) is 5.71 Å². The largest absolute Gasteiger partial charge is 0.480 e. The molecule has 1 aliphatic rings. The van der Waals surface area contributed by atoms with E-state index in [1.165, 1.54) is 0 Å². The number of hydrogen-bond donors (Lipinski definition) is 5. The van der Waals surface area contributed by atoms with Gasteiger partial charge in [-0.2, -0.15) is 4.58 Å². The molecule has 0 bridgehead atoms. The van der Waals surface area contributed by atoms with Crippen molar-refractivity contribution >= 4 is 86.0 Å². The average Bonchev–Trinajstić information content (AvgIpc) is 3.45. The van der Waals surface area contributed by atoms with Crippen molar-refractivity contribution in [3.63, 3.8) is 0 Å². The molecule has 0 saturated carbocycles. The first-order chi connectivity index (χ1) is 30.4. The Bertz CT molecular complexity index is 2380. The fourth-order valence-electron chi connectivity index (χ4n) is 7.79. The van der Waals surface area contributed by atoms with Gasteiger partial charge < -0.3 is 36.0 Å². The summed E-state index contributed by atoms with van der Waals surface area (Å²) < 4.78 is 2.16. The fraction of sp³-hybridized carbons (Fsp3) is 0.340. The number of carboxylic acid groups (broad SMARTS) is 2. The molecule has 0 spiro atoms. The van der Waals surface area contributed by atoms with Crippen molar-refractivity contribution in [1.82, 2.24) is 10.6 Å². The lowest BCUT2D eigenvalue weighted by Gasteiger charge is -2.25. The van der Waals surface area contributed by atoms with E-state index in [2.05, 4.69) is 72.5 Å². The molecule has 0 aliphatic carbocycles. The van der Waals surface area contributed by atoms with Crippen molar-refractivity contribution in [1.29, 1.82) is 0 Å². The third-order valence-electron chi connectivity index (χ3n) is 11.5. The summed E-state index contributed by atoms with van der Waals surface area (Å²) >= 11 is 0. The van der Waals surface area contributed by atoms with Crippen molar-refractivity contribution in [3.8, 4) is 0 Å². The van der Waals surface area contributed by atoms with Gasteiger partial charge in [-0.15, -0.1) is 0 Å². The lowest BCUT2D eigenvalue weighted by Crippen LogP contribution is -2.73. The van der Waals surface area contributed by atoms with Crippen LogP contribution < -0.4 is 25.8 Å². The zero-order valence-corrected chi connectivity index (χ0v) is 39.7. The molecule has 0 atom stereocenters. The molecular weight excluding hydrogens is 845 g/mol. The standard InChI is InChI=1S/C50H60N6O6S2/c1-49(2,25-9-10-34-11-18-38(19-12-34)54(6)32-45(57)58)40-30-36(16-22-42(40)51-5)47(61)52-26-28-63-64-29-27-53-48(62)37-17-23-43-41(31-37)50(3,4)44(56(43)8)24-15-35-13-20-39(21-14-35)55(7)33-46(59)60/h9-24,30-31H,25-29,32-33H2,1-8H3,(H4-,51,52,53,57,58,59,60,61,62)/p+2. The molecule has 64 heavy (non-hydrogen) atoms. The van der Waals surface area contributed by atoms with Gasteiger partial charge in [-0.3, -0.25) is 19.2 Å². The molecule has 0 saturated heterocycles. The van der Waals surface area contributed by atoms with Crippen LogP contribution in [0.25, 0.3) is 12.2 Å². The number of carbonyl (C=O) groups is 4. The van der Waals surface area contributed by atoms with E-state index in [1.807, 2.05) is 99.0 Å². The lowest BCUT2D eigenvalue weighted by atomic mass is 9.79. The Kier molecular flexibility index (Phi) is 17.1. The molecular formula is C50H62N6O6S2+2. The van der Waals surface area contributed by atoms with E-state index in [0.29, 0.717) is 24.2 Å². The van der Waals surface area contributed by atoms with Gasteiger partial charge in [0.2, 0.25) is 5.69 Å². The number of benzene rings is 4. The predicted octanol–water partition coefficient (Wildman–Crippen LogP) is 7.19. The van der Waals surface area contributed by atoms with Crippen LogP contribution in [0.5, 0.6) is 0 Å². The number of likely N-dealkylation sites (N-methyl/N-ethyl adjacent to an activating group) is 2. The van der Waals surface area contributed by atoms with E-state index < -0.39 is 11.9 Å². The van der Waals surface area contributed by atoms with Crippen molar-refractivity contribution < 1.29 is 39.3 Å². The number of nitrogens with two attached hydrogens (primary N) is 1.